The molecule has 0 saturated heterocycles. The normalized spacial score (nSPS) is 12.7. The van der Waals surface area contributed by atoms with E-state index in [4.69, 9.17) is 4.42 Å². The van der Waals surface area contributed by atoms with Gasteiger partial charge in [0.1, 0.15) is 5.82 Å². The smallest absolute Gasteiger partial charge is 0.222 e. The Kier molecular flexibility index (Phi) is 3.39. The van der Waals surface area contributed by atoms with Crippen molar-refractivity contribution in [2.24, 2.45) is 0 Å². The highest BCUT2D eigenvalue weighted by atomic mass is 16.4. The molecule has 102 valence electrons. The molecule has 5 nitrogen and oxygen atoms in total. The van der Waals surface area contributed by atoms with Gasteiger partial charge in [-0.2, -0.15) is 0 Å². The number of aromatic nitrogens is 4. The van der Waals surface area contributed by atoms with Crippen LogP contribution in [0.5, 0.6) is 0 Å². The minimum atomic E-state index is -0.219. The molecule has 2 aromatic heterocycles. The van der Waals surface area contributed by atoms with E-state index in [1.807, 2.05) is 12.4 Å². The number of hydrogen-bond acceptors (Lipinski definition) is 5. The van der Waals surface area contributed by atoms with E-state index in [1.54, 1.807) is 0 Å². The Bertz CT molecular complexity index is 524. The molecule has 0 aliphatic heterocycles. The summed E-state index contributed by atoms with van der Waals surface area (Å²) in [6, 6.07) is 0. The van der Waals surface area contributed by atoms with Crippen molar-refractivity contribution in [1.29, 1.82) is 0 Å². The molecule has 0 atom stereocenters. The third kappa shape index (κ3) is 3.16. The van der Waals surface area contributed by atoms with Crippen LogP contribution in [0.1, 0.15) is 51.9 Å². The van der Waals surface area contributed by atoms with Crippen LogP contribution >= 0.6 is 0 Å². The maximum absolute atomic E-state index is 5.29. The summed E-state index contributed by atoms with van der Waals surface area (Å²) in [5, 5.41) is 7.71. The quantitative estimate of drug-likeness (QED) is 0.849. The summed E-state index contributed by atoms with van der Waals surface area (Å²) in [5.74, 6) is 1.49. The van der Waals surface area contributed by atoms with Gasteiger partial charge in [0.05, 0.1) is 0 Å². The Morgan fingerprint density at radius 2 is 1.68 bits per heavy atom. The summed E-state index contributed by atoms with van der Waals surface area (Å²) >= 11 is 0. The van der Waals surface area contributed by atoms with Crippen LogP contribution in [-0.2, 0) is 17.3 Å². The van der Waals surface area contributed by atoms with Gasteiger partial charge in [-0.25, -0.2) is 9.97 Å². The lowest BCUT2D eigenvalue weighted by molar-refractivity contribution is 0.365. The molecule has 0 saturated carbocycles. The number of rotatable bonds is 3. The van der Waals surface area contributed by atoms with Crippen molar-refractivity contribution in [1.82, 2.24) is 20.2 Å². The topological polar surface area (TPSA) is 64.7 Å². The molecule has 5 heteroatoms. The fourth-order valence-corrected chi connectivity index (χ4v) is 1.89. The Labute approximate surface area is 113 Å². The van der Waals surface area contributed by atoms with Crippen LogP contribution in [-0.4, -0.2) is 20.2 Å². The molecule has 0 spiro atoms. The molecule has 0 N–H and O–H groups in total. The van der Waals surface area contributed by atoms with Crippen LogP contribution < -0.4 is 0 Å². The average molecular weight is 260 g/mol. The van der Waals surface area contributed by atoms with Crippen molar-refractivity contribution >= 4 is 0 Å². The van der Waals surface area contributed by atoms with E-state index >= 15 is 0 Å². The van der Waals surface area contributed by atoms with Gasteiger partial charge in [-0.1, -0.05) is 34.6 Å². The van der Waals surface area contributed by atoms with Crippen molar-refractivity contribution in [2.45, 2.75) is 51.9 Å². The SMILES string of the molecule is CC(C)(C)c1ncc(CC(C)(C)c2nnco2)cn1. The number of hydrogen-bond donors (Lipinski definition) is 0. The van der Waals surface area contributed by atoms with Crippen LogP contribution in [0.25, 0.3) is 0 Å². The van der Waals surface area contributed by atoms with Crippen LogP contribution in [0.2, 0.25) is 0 Å². The Morgan fingerprint density at radius 3 is 2.16 bits per heavy atom. The second-order valence-corrected chi connectivity index (χ2v) is 6.47. The molecular formula is C14H20N4O. The van der Waals surface area contributed by atoms with Crippen molar-refractivity contribution in [3.63, 3.8) is 0 Å². The summed E-state index contributed by atoms with van der Waals surface area (Å²) in [6.45, 7) is 10.4. The first kappa shape index (κ1) is 13.6. The molecule has 0 aliphatic rings. The summed E-state index contributed by atoms with van der Waals surface area (Å²) in [4.78, 5) is 8.88. The lowest BCUT2D eigenvalue weighted by Gasteiger charge is -2.20. The molecule has 0 aromatic carbocycles. The Balaban J connectivity index is 2.16. The highest BCUT2D eigenvalue weighted by Gasteiger charge is 2.27. The Hall–Kier alpha value is -1.78. The monoisotopic (exact) mass is 260 g/mol. The molecular weight excluding hydrogens is 240 g/mol. The highest BCUT2D eigenvalue weighted by molar-refractivity contribution is 5.15. The van der Waals surface area contributed by atoms with Crippen LogP contribution in [0.4, 0.5) is 0 Å². The second kappa shape index (κ2) is 4.72. The van der Waals surface area contributed by atoms with E-state index in [-0.39, 0.29) is 10.8 Å². The predicted octanol–water partition coefficient (Wildman–Crippen LogP) is 2.68. The van der Waals surface area contributed by atoms with E-state index in [2.05, 4.69) is 54.8 Å². The summed E-state index contributed by atoms with van der Waals surface area (Å²) in [7, 11) is 0. The fraction of sp³-hybridized carbons (Fsp3) is 0.571. The molecule has 0 amide bonds. The summed E-state index contributed by atoms with van der Waals surface area (Å²) in [5.41, 5.74) is 0.820. The predicted molar refractivity (Wildman–Crippen MR) is 71.8 cm³/mol. The average Bonchev–Trinajstić information content (AvgIpc) is 2.82. The van der Waals surface area contributed by atoms with Gasteiger partial charge in [-0.05, 0) is 12.0 Å². The summed E-state index contributed by atoms with van der Waals surface area (Å²) < 4.78 is 5.29. The van der Waals surface area contributed by atoms with Gasteiger partial charge in [0.15, 0.2) is 0 Å². The molecule has 19 heavy (non-hydrogen) atoms. The number of nitrogens with zero attached hydrogens (tertiary/aromatic N) is 4. The van der Waals surface area contributed by atoms with Crippen molar-refractivity contribution < 1.29 is 4.42 Å². The van der Waals surface area contributed by atoms with Gasteiger partial charge >= 0.3 is 0 Å². The first-order valence-electron chi connectivity index (χ1n) is 6.37. The van der Waals surface area contributed by atoms with Gasteiger partial charge < -0.3 is 4.42 Å². The molecule has 0 aliphatic carbocycles. The van der Waals surface area contributed by atoms with E-state index in [0.717, 1.165) is 17.8 Å². The van der Waals surface area contributed by atoms with Gasteiger partial charge in [0, 0.05) is 23.2 Å². The largest absolute Gasteiger partial charge is 0.427 e. The lowest BCUT2D eigenvalue weighted by Crippen LogP contribution is -2.22. The standard InChI is InChI=1S/C14H20N4O/c1-13(2,3)11-15-7-10(8-16-11)6-14(4,5)12-18-17-9-19-12/h7-9H,6H2,1-5H3. The van der Waals surface area contributed by atoms with Gasteiger partial charge in [0.25, 0.3) is 0 Å². The highest BCUT2D eigenvalue weighted by Crippen LogP contribution is 2.26. The first-order valence-corrected chi connectivity index (χ1v) is 6.37. The van der Waals surface area contributed by atoms with E-state index in [9.17, 15) is 0 Å². The minimum Gasteiger partial charge on any atom is -0.427 e. The second-order valence-electron chi connectivity index (χ2n) is 6.47. The van der Waals surface area contributed by atoms with Crippen molar-refractivity contribution in [3.8, 4) is 0 Å². The van der Waals surface area contributed by atoms with Crippen molar-refractivity contribution in [2.75, 3.05) is 0 Å². The summed E-state index contributed by atoms with van der Waals surface area (Å²) in [6.07, 6.45) is 5.88. The van der Waals surface area contributed by atoms with Crippen LogP contribution in [0.3, 0.4) is 0 Å². The molecule has 2 aromatic rings. The molecule has 0 bridgehead atoms. The zero-order valence-corrected chi connectivity index (χ0v) is 12.1. The minimum absolute atomic E-state index is 0.0272. The van der Waals surface area contributed by atoms with E-state index < -0.39 is 0 Å². The van der Waals surface area contributed by atoms with Gasteiger partial charge in [-0.3, -0.25) is 0 Å². The molecule has 0 fully saturated rings. The molecule has 0 radical (unpaired) electrons. The first-order chi connectivity index (χ1) is 8.79. The molecule has 2 heterocycles. The fourth-order valence-electron chi connectivity index (χ4n) is 1.89. The third-order valence-electron chi connectivity index (χ3n) is 2.96. The maximum atomic E-state index is 5.29. The van der Waals surface area contributed by atoms with E-state index in [0.29, 0.717) is 5.89 Å². The zero-order valence-electron chi connectivity index (χ0n) is 12.1. The lowest BCUT2D eigenvalue weighted by atomic mass is 9.86. The zero-order chi connectivity index (χ0) is 14.1. The Morgan fingerprint density at radius 1 is 1.05 bits per heavy atom. The maximum Gasteiger partial charge on any atom is 0.222 e. The van der Waals surface area contributed by atoms with E-state index in [1.165, 1.54) is 6.39 Å². The molecule has 2 rings (SSSR count). The van der Waals surface area contributed by atoms with Crippen LogP contribution in [0.15, 0.2) is 23.2 Å². The third-order valence-corrected chi connectivity index (χ3v) is 2.96. The van der Waals surface area contributed by atoms with Crippen molar-refractivity contribution in [3.05, 3.63) is 36.1 Å². The van der Waals surface area contributed by atoms with Crippen LogP contribution in [0, 0.1) is 0 Å². The van der Waals surface area contributed by atoms with Gasteiger partial charge in [-0.15, -0.1) is 10.2 Å². The molecule has 0 unspecified atom stereocenters. The van der Waals surface area contributed by atoms with Gasteiger partial charge in [0.2, 0.25) is 12.3 Å².